The molecular weight excluding hydrogens is 1480 g/mol. The number of hydrogen-bond donors (Lipinski definition) is 0. The SMILES string of the molecule is COc1ccc2c(c1)-c1cc(OC)ccc1C2c1cccc(-c2ccc3c(c2)-c2cc(-c4cccc(-n5c6ccc(OC)cc6c6cc(OC)ccc65)c4)ccc2S32(=O)c3ccc(-c4cccc(-n5c6ccc(OC)cc6c6cc(OC)ccc65)c4)cc3-c3cc(-c4cccc(-n5c6ccc(OC)cc6c6cc(OC)ccc65)c4)ccc32)c1. The standard InChI is InChI=1S/C105H77N3O9S/c1-110-73-25-33-81-83(53-73)84-54-74(111-2)26-34-82(84)105(81)69-17-9-13-61(45-69)65-21-41-101-91(49-65)92-50-66(62-14-10-18-70(46-62)106-95-35-27-75(112-3)55-85(95)86-56-76(113-4)28-36-96(86)106)22-42-102(92)118(101,109)103-43-23-67(63-15-11-19-71(47-63)107-97-37-29-77(114-5)57-87(97)88-58-78(115-6)30-38-98(88)107)51-93(103)94-52-68(24-44-104(94)118)64-16-12-20-72(48-64)108-99-39-31-79(116-7)59-89(99)90-60-80(117-8)32-40-100(90)108/h9-60,105H,1-8H3. The largest absolute Gasteiger partial charge is 0.497 e. The highest BCUT2D eigenvalue weighted by Gasteiger charge is 2.58. The minimum atomic E-state index is -4.65. The Bertz CT molecular complexity index is 7140. The fourth-order valence-corrected chi connectivity index (χ4v) is 24.6. The van der Waals surface area contributed by atoms with Crippen LogP contribution in [0.1, 0.15) is 22.6 Å². The highest BCUT2D eigenvalue weighted by atomic mass is 32.3. The molecule has 12 nitrogen and oxygen atoms in total. The number of fused-ring (bicyclic) bond motifs is 22. The third-order valence-electron chi connectivity index (χ3n) is 25.0. The van der Waals surface area contributed by atoms with Crippen molar-refractivity contribution in [3.8, 4) is 141 Å². The van der Waals surface area contributed by atoms with Crippen LogP contribution in [0.3, 0.4) is 0 Å². The first-order valence-electron chi connectivity index (χ1n) is 39.4. The number of methoxy groups -OCH3 is 8. The molecule has 1 aliphatic carbocycles. The molecule has 0 saturated carbocycles. The zero-order valence-electron chi connectivity index (χ0n) is 66.0. The van der Waals surface area contributed by atoms with E-state index in [1.54, 1.807) is 56.9 Å². The lowest BCUT2D eigenvalue weighted by atomic mass is 9.87. The highest BCUT2D eigenvalue weighted by molar-refractivity contribution is 8.21. The van der Waals surface area contributed by atoms with Gasteiger partial charge in [0.25, 0.3) is 0 Å². The molecule has 0 bridgehead atoms. The summed E-state index contributed by atoms with van der Waals surface area (Å²) in [5.41, 5.74) is 26.5. The minimum absolute atomic E-state index is 0.0700. The second-order valence-corrected chi connectivity index (χ2v) is 34.4. The van der Waals surface area contributed by atoms with E-state index in [1.807, 2.05) is 36.4 Å². The summed E-state index contributed by atoms with van der Waals surface area (Å²) in [6, 6.07) is 112. The van der Waals surface area contributed by atoms with Gasteiger partial charge in [0.1, 0.15) is 46.0 Å². The molecule has 13 heteroatoms. The average molecular weight is 1560 g/mol. The fraction of sp³-hybridized carbons (Fsp3) is 0.0857. The topological polar surface area (TPSA) is 106 Å². The van der Waals surface area contributed by atoms with E-state index in [4.69, 9.17) is 37.9 Å². The molecule has 118 heavy (non-hydrogen) atoms. The van der Waals surface area contributed by atoms with Crippen LogP contribution in [0.25, 0.3) is 160 Å². The van der Waals surface area contributed by atoms with Gasteiger partial charge in [0.05, 0.1) is 90.0 Å². The van der Waals surface area contributed by atoms with E-state index >= 15 is 4.21 Å². The van der Waals surface area contributed by atoms with Gasteiger partial charge in [-0.25, -0.2) is 0 Å². The van der Waals surface area contributed by atoms with Gasteiger partial charge in [0, 0.05) is 83.9 Å². The normalized spacial score (nSPS) is 13.6. The van der Waals surface area contributed by atoms with Gasteiger partial charge in [0.15, 0.2) is 0 Å². The zero-order chi connectivity index (χ0) is 79.6. The third kappa shape index (κ3) is 10.2. The summed E-state index contributed by atoms with van der Waals surface area (Å²) in [5.74, 6) is 6.14. The third-order valence-corrected chi connectivity index (χ3v) is 29.8. The van der Waals surface area contributed by atoms with Crippen LogP contribution in [-0.2, 0) is 9.07 Å². The van der Waals surface area contributed by atoms with Crippen molar-refractivity contribution in [3.05, 3.63) is 332 Å². The molecule has 5 heterocycles. The Balaban J connectivity index is 0.761. The molecular formula is C105H77N3O9S. The van der Waals surface area contributed by atoms with E-state index < -0.39 is 9.07 Å². The second kappa shape index (κ2) is 26.5. The summed E-state index contributed by atoms with van der Waals surface area (Å²) >= 11 is 0. The van der Waals surface area contributed by atoms with Crippen molar-refractivity contribution < 1.29 is 42.1 Å². The Morgan fingerprint density at radius 1 is 0.220 bits per heavy atom. The van der Waals surface area contributed by atoms with Gasteiger partial charge in [-0.2, -0.15) is 0 Å². The van der Waals surface area contributed by atoms with Crippen LogP contribution in [0.4, 0.5) is 0 Å². The van der Waals surface area contributed by atoms with E-state index in [0.29, 0.717) is 0 Å². The molecule has 3 aliphatic rings. The van der Waals surface area contributed by atoms with E-state index in [1.165, 1.54) is 11.1 Å². The summed E-state index contributed by atoms with van der Waals surface area (Å²) in [6.07, 6.45) is 0. The van der Waals surface area contributed by atoms with Gasteiger partial charge in [-0.3, -0.25) is 4.21 Å². The lowest BCUT2D eigenvalue weighted by Gasteiger charge is -2.39. The molecule has 16 aromatic carbocycles. The Labute approximate surface area is 681 Å². The first-order chi connectivity index (χ1) is 57.9. The maximum absolute atomic E-state index is 19.6. The maximum Gasteiger partial charge on any atom is 0.119 e. The smallest absolute Gasteiger partial charge is 0.119 e. The molecule has 0 amide bonds. The Morgan fingerprint density at radius 2 is 0.458 bits per heavy atom. The zero-order valence-corrected chi connectivity index (χ0v) is 66.8. The Morgan fingerprint density at radius 3 is 0.729 bits per heavy atom. The summed E-state index contributed by atoms with van der Waals surface area (Å²) in [6.45, 7) is 0. The quantitative estimate of drug-likeness (QED) is 0.0935. The Hall–Kier alpha value is -14.5. The van der Waals surface area contributed by atoms with Crippen LogP contribution in [0.5, 0.6) is 46.0 Å². The molecule has 19 aromatic rings. The maximum atomic E-state index is 19.6. The molecule has 0 fully saturated rings. The molecule has 3 aromatic heterocycles. The average Bonchev–Trinajstić information content (AvgIpc) is 1.47. The van der Waals surface area contributed by atoms with Crippen molar-refractivity contribution in [2.24, 2.45) is 0 Å². The first-order valence-corrected chi connectivity index (χ1v) is 41.4. The van der Waals surface area contributed by atoms with Crippen LogP contribution in [0, 0.1) is 0 Å². The van der Waals surface area contributed by atoms with Crippen LogP contribution < -0.4 is 37.9 Å². The van der Waals surface area contributed by atoms with Gasteiger partial charge >= 0.3 is 0 Å². The van der Waals surface area contributed by atoms with Gasteiger partial charge in [-0.1, -0.05) is 97.1 Å². The number of nitrogens with zero attached hydrogens (tertiary/aromatic N) is 3. The lowest BCUT2D eigenvalue weighted by molar-refractivity contribution is 0.414. The van der Waals surface area contributed by atoms with Crippen LogP contribution in [0.15, 0.2) is 335 Å². The van der Waals surface area contributed by atoms with Crippen molar-refractivity contribution >= 4 is 74.5 Å². The molecule has 572 valence electrons. The van der Waals surface area contributed by atoms with E-state index in [0.717, 1.165) is 232 Å². The number of ether oxygens (including phenoxy) is 8. The van der Waals surface area contributed by atoms with Gasteiger partial charge in [0.2, 0.25) is 0 Å². The predicted molar refractivity (Wildman–Crippen MR) is 475 cm³/mol. The van der Waals surface area contributed by atoms with Crippen molar-refractivity contribution in [1.29, 1.82) is 0 Å². The number of benzene rings is 16. The number of hydrogen-bond acceptors (Lipinski definition) is 9. The number of aromatic nitrogens is 3. The molecule has 0 atom stereocenters. The van der Waals surface area contributed by atoms with Crippen molar-refractivity contribution in [2.45, 2.75) is 25.5 Å². The van der Waals surface area contributed by atoms with Crippen molar-refractivity contribution in [2.75, 3.05) is 56.9 Å². The summed E-state index contributed by atoms with van der Waals surface area (Å²) in [5, 5.41) is 6.29. The molecule has 0 saturated heterocycles. The fourth-order valence-electron chi connectivity index (χ4n) is 19.5. The predicted octanol–water partition coefficient (Wildman–Crippen LogP) is 25.2. The lowest BCUT2D eigenvalue weighted by Crippen LogP contribution is -2.30. The van der Waals surface area contributed by atoms with E-state index in [-0.39, 0.29) is 5.92 Å². The van der Waals surface area contributed by atoms with E-state index in [9.17, 15) is 0 Å². The summed E-state index contributed by atoms with van der Waals surface area (Å²) in [4.78, 5) is 3.04. The van der Waals surface area contributed by atoms with Gasteiger partial charge < -0.3 is 51.6 Å². The monoisotopic (exact) mass is 1560 g/mol. The highest BCUT2D eigenvalue weighted by Crippen LogP contribution is 2.72. The van der Waals surface area contributed by atoms with Crippen molar-refractivity contribution in [1.82, 2.24) is 13.7 Å². The molecule has 0 unspecified atom stereocenters. The summed E-state index contributed by atoms with van der Waals surface area (Å²) < 4.78 is 73.1. The number of rotatable bonds is 16. The second-order valence-electron chi connectivity index (χ2n) is 30.7. The van der Waals surface area contributed by atoms with Crippen LogP contribution >= 0.6 is 0 Å². The van der Waals surface area contributed by atoms with E-state index in [2.05, 4.69) is 293 Å². The minimum Gasteiger partial charge on any atom is -0.497 e. The summed E-state index contributed by atoms with van der Waals surface area (Å²) in [7, 11) is 9.00. The van der Waals surface area contributed by atoms with Crippen LogP contribution in [0.2, 0.25) is 0 Å². The molecule has 22 rings (SSSR count). The molecule has 0 N–H and O–H groups in total. The van der Waals surface area contributed by atoms with Gasteiger partial charge in [-0.15, -0.1) is 0 Å². The molecule has 2 aliphatic heterocycles. The van der Waals surface area contributed by atoms with Crippen molar-refractivity contribution in [3.63, 3.8) is 0 Å². The van der Waals surface area contributed by atoms with Gasteiger partial charge in [-0.05, 0) is 313 Å². The first kappa shape index (κ1) is 70.1. The Kier molecular flexibility index (Phi) is 15.8. The van der Waals surface area contributed by atoms with Crippen LogP contribution in [-0.4, -0.2) is 74.8 Å². The molecule has 0 radical (unpaired) electrons. The molecule has 1 spiro atoms.